The van der Waals surface area contributed by atoms with Gasteiger partial charge in [-0.2, -0.15) is 0 Å². The number of hydrogen-bond acceptors (Lipinski definition) is 4. The van der Waals surface area contributed by atoms with Crippen LogP contribution in [0.5, 0.6) is 0 Å². The van der Waals surface area contributed by atoms with Crippen LogP contribution in [0.4, 0.5) is 0 Å². The van der Waals surface area contributed by atoms with Crippen molar-refractivity contribution in [1.29, 1.82) is 0 Å². The van der Waals surface area contributed by atoms with Crippen molar-refractivity contribution in [2.24, 2.45) is 10.9 Å². The molecule has 6 nitrogen and oxygen atoms in total. The first-order valence-corrected chi connectivity index (χ1v) is 10.1. The first kappa shape index (κ1) is 21.1. The van der Waals surface area contributed by atoms with Gasteiger partial charge in [-0.15, -0.1) is 24.0 Å². The molecular formula is C21H30IN5O. The normalized spacial score (nSPS) is 20.0. The third kappa shape index (κ3) is 5.70. The predicted octanol–water partition coefficient (Wildman–Crippen LogP) is 3.50. The summed E-state index contributed by atoms with van der Waals surface area (Å²) < 4.78 is 5.60. The molecule has 1 saturated heterocycles. The van der Waals surface area contributed by atoms with E-state index >= 15 is 0 Å². The topological polar surface area (TPSA) is 65.7 Å². The van der Waals surface area contributed by atoms with Crippen LogP contribution in [0.25, 0.3) is 11.5 Å². The van der Waals surface area contributed by atoms with E-state index in [-0.39, 0.29) is 24.0 Å². The maximum atomic E-state index is 5.60. The Kier molecular flexibility index (Phi) is 7.73. The van der Waals surface area contributed by atoms with Crippen LogP contribution in [0.1, 0.15) is 31.9 Å². The predicted molar refractivity (Wildman–Crippen MR) is 123 cm³/mol. The van der Waals surface area contributed by atoms with Gasteiger partial charge < -0.3 is 20.0 Å². The first-order chi connectivity index (χ1) is 13.3. The van der Waals surface area contributed by atoms with Crippen molar-refractivity contribution in [1.82, 2.24) is 20.5 Å². The minimum absolute atomic E-state index is 0. The molecule has 1 aliphatic heterocycles. The van der Waals surface area contributed by atoms with Gasteiger partial charge in [-0.3, -0.25) is 0 Å². The highest BCUT2D eigenvalue weighted by atomic mass is 127. The molecule has 1 unspecified atom stereocenters. The fraction of sp³-hybridized carbons (Fsp3) is 0.524. The summed E-state index contributed by atoms with van der Waals surface area (Å²) in [6.45, 7) is 6.89. The summed E-state index contributed by atoms with van der Waals surface area (Å²) in [4.78, 5) is 11.9. The smallest absolute Gasteiger partial charge is 0.226 e. The van der Waals surface area contributed by atoms with Gasteiger partial charge in [0.15, 0.2) is 5.96 Å². The molecule has 28 heavy (non-hydrogen) atoms. The average molecular weight is 495 g/mol. The molecule has 1 saturated carbocycles. The van der Waals surface area contributed by atoms with Crippen LogP contribution in [-0.4, -0.2) is 48.1 Å². The van der Waals surface area contributed by atoms with Crippen LogP contribution in [-0.2, 0) is 6.54 Å². The van der Waals surface area contributed by atoms with Crippen molar-refractivity contribution in [2.75, 3.05) is 26.2 Å². The molecule has 2 aromatic rings. The van der Waals surface area contributed by atoms with E-state index in [0.29, 0.717) is 18.4 Å². The lowest BCUT2D eigenvalue weighted by molar-refractivity contribution is 0.314. The van der Waals surface area contributed by atoms with Crippen LogP contribution in [0, 0.1) is 5.92 Å². The van der Waals surface area contributed by atoms with Crippen LogP contribution in [0.15, 0.2) is 46.0 Å². The van der Waals surface area contributed by atoms with Gasteiger partial charge in [0.25, 0.3) is 0 Å². The number of hydrogen-bond donors (Lipinski definition) is 2. The van der Waals surface area contributed by atoms with Gasteiger partial charge in [0.1, 0.15) is 12.0 Å². The zero-order chi connectivity index (χ0) is 18.5. The summed E-state index contributed by atoms with van der Waals surface area (Å²) in [5.41, 5.74) is 1.83. The lowest BCUT2D eigenvalue weighted by Crippen LogP contribution is -2.40. The fourth-order valence-electron chi connectivity index (χ4n) is 3.64. The Labute approximate surface area is 184 Å². The lowest BCUT2D eigenvalue weighted by atomic mass is 10.1. The van der Waals surface area contributed by atoms with E-state index in [4.69, 9.17) is 4.42 Å². The van der Waals surface area contributed by atoms with Crippen molar-refractivity contribution in [3.8, 4) is 11.5 Å². The molecule has 2 heterocycles. The number of likely N-dealkylation sites (tertiary alicyclic amines) is 1. The number of benzene rings is 1. The molecule has 152 valence electrons. The fourth-order valence-corrected chi connectivity index (χ4v) is 3.64. The summed E-state index contributed by atoms with van der Waals surface area (Å²) in [5.74, 6) is 2.21. The maximum Gasteiger partial charge on any atom is 0.226 e. The van der Waals surface area contributed by atoms with Crippen LogP contribution < -0.4 is 10.6 Å². The third-order valence-corrected chi connectivity index (χ3v) is 5.25. The first-order valence-electron chi connectivity index (χ1n) is 10.1. The number of nitrogens with one attached hydrogen (secondary N) is 2. The maximum absolute atomic E-state index is 5.60. The number of aromatic nitrogens is 1. The van der Waals surface area contributed by atoms with E-state index in [1.807, 2.05) is 30.3 Å². The highest BCUT2D eigenvalue weighted by Crippen LogP contribution is 2.31. The Balaban J connectivity index is 0.00000225. The van der Waals surface area contributed by atoms with E-state index in [1.54, 1.807) is 6.26 Å². The van der Waals surface area contributed by atoms with Crippen molar-refractivity contribution in [2.45, 2.75) is 38.8 Å². The van der Waals surface area contributed by atoms with Gasteiger partial charge in [-0.25, -0.2) is 9.98 Å². The molecule has 7 heteroatoms. The van der Waals surface area contributed by atoms with Crippen molar-refractivity contribution in [3.05, 3.63) is 42.3 Å². The monoisotopic (exact) mass is 495 g/mol. The van der Waals surface area contributed by atoms with Gasteiger partial charge >= 0.3 is 0 Å². The van der Waals surface area contributed by atoms with Crippen LogP contribution in [0.3, 0.4) is 0 Å². The molecule has 1 aromatic heterocycles. The third-order valence-electron chi connectivity index (χ3n) is 5.25. The summed E-state index contributed by atoms with van der Waals surface area (Å²) >= 11 is 0. The second-order valence-electron chi connectivity index (χ2n) is 7.47. The minimum atomic E-state index is 0. The van der Waals surface area contributed by atoms with Crippen LogP contribution in [0.2, 0.25) is 0 Å². The van der Waals surface area contributed by atoms with Crippen molar-refractivity contribution < 1.29 is 4.42 Å². The van der Waals surface area contributed by atoms with Crippen molar-refractivity contribution >= 4 is 29.9 Å². The highest BCUT2D eigenvalue weighted by molar-refractivity contribution is 14.0. The van der Waals surface area contributed by atoms with Gasteiger partial charge in [0.05, 0.1) is 6.54 Å². The molecule has 2 fully saturated rings. The summed E-state index contributed by atoms with van der Waals surface area (Å²) in [7, 11) is 0. The zero-order valence-corrected chi connectivity index (χ0v) is 18.8. The lowest BCUT2D eigenvalue weighted by Gasteiger charge is -2.16. The molecule has 0 bridgehead atoms. The Hall–Kier alpha value is -1.61. The van der Waals surface area contributed by atoms with E-state index < -0.39 is 0 Å². The second kappa shape index (κ2) is 10.2. The number of oxazole rings is 1. The molecule has 4 rings (SSSR count). The number of aliphatic imine (C=N–C) groups is 1. The molecular weight excluding hydrogens is 465 g/mol. The van der Waals surface area contributed by atoms with E-state index in [0.717, 1.165) is 36.3 Å². The molecule has 2 N–H and O–H groups in total. The zero-order valence-electron chi connectivity index (χ0n) is 16.4. The van der Waals surface area contributed by atoms with Gasteiger partial charge in [-0.1, -0.05) is 18.2 Å². The SMILES string of the molecule is CCNC(=NCc1coc(-c2ccccc2)n1)NCC1CCN(C2CC2)C1.I. The highest BCUT2D eigenvalue weighted by Gasteiger charge is 2.34. The van der Waals surface area contributed by atoms with E-state index in [1.165, 1.54) is 32.4 Å². The summed E-state index contributed by atoms with van der Waals surface area (Å²) in [5, 5.41) is 6.83. The Morgan fingerprint density at radius 1 is 1.21 bits per heavy atom. The van der Waals surface area contributed by atoms with E-state index in [9.17, 15) is 0 Å². The summed E-state index contributed by atoms with van der Waals surface area (Å²) in [6.07, 6.45) is 5.77. The number of rotatable bonds is 7. The molecule has 0 spiro atoms. The van der Waals surface area contributed by atoms with Crippen LogP contribution >= 0.6 is 24.0 Å². The quantitative estimate of drug-likeness (QED) is 0.350. The number of guanidine groups is 1. The standard InChI is InChI=1S/C21H29N5O.HI/c1-2-22-21(23-12-16-10-11-26(14-16)19-8-9-19)24-13-18-15-27-20(25-18)17-6-4-3-5-7-17;/h3-7,15-16,19H,2,8-14H2,1H3,(H2,22,23,24);1H. The minimum Gasteiger partial charge on any atom is -0.444 e. The molecule has 1 aliphatic carbocycles. The van der Waals surface area contributed by atoms with Gasteiger partial charge in [-0.05, 0) is 50.8 Å². The molecule has 0 amide bonds. The second-order valence-corrected chi connectivity index (χ2v) is 7.47. The number of nitrogens with zero attached hydrogens (tertiary/aromatic N) is 3. The largest absolute Gasteiger partial charge is 0.444 e. The Morgan fingerprint density at radius 3 is 2.79 bits per heavy atom. The molecule has 0 radical (unpaired) electrons. The van der Waals surface area contributed by atoms with Gasteiger partial charge in [0, 0.05) is 31.2 Å². The Morgan fingerprint density at radius 2 is 2.04 bits per heavy atom. The number of halogens is 1. The molecule has 1 atom stereocenters. The molecule has 2 aliphatic rings. The average Bonchev–Trinajstić information content (AvgIpc) is 3.26. The summed E-state index contributed by atoms with van der Waals surface area (Å²) in [6, 6.07) is 10.8. The van der Waals surface area contributed by atoms with Gasteiger partial charge in [0.2, 0.25) is 5.89 Å². The van der Waals surface area contributed by atoms with E-state index in [2.05, 4.69) is 32.4 Å². The Bertz CT molecular complexity index is 759. The van der Waals surface area contributed by atoms with Crippen molar-refractivity contribution in [3.63, 3.8) is 0 Å². The molecule has 1 aromatic carbocycles.